The molecule has 0 spiro atoms. The van der Waals surface area contributed by atoms with Crippen molar-refractivity contribution in [1.82, 2.24) is 0 Å². The molecular formula is C16H14F3IO3. The first-order valence-corrected chi connectivity index (χ1v) is 10.5. The van der Waals surface area contributed by atoms with Crippen molar-refractivity contribution in [2.45, 2.75) is 20.0 Å². The molecular weight excluding hydrogens is 424 g/mol. The maximum atomic E-state index is 13.4. The topological polar surface area (TPSA) is 43.4 Å². The fraction of sp³-hybridized carbons (Fsp3) is 0.188. The molecule has 0 N–H and O–H groups in total. The van der Waals surface area contributed by atoms with E-state index in [1.807, 2.05) is 0 Å². The van der Waals surface area contributed by atoms with E-state index in [0.717, 1.165) is 0 Å². The molecule has 7 heteroatoms. The molecule has 0 heterocycles. The van der Waals surface area contributed by atoms with Crippen molar-refractivity contribution in [1.29, 1.82) is 0 Å². The summed E-state index contributed by atoms with van der Waals surface area (Å²) in [6.07, 6.45) is -5.20. The van der Waals surface area contributed by atoms with Crippen LogP contribution < -0.4 is 0 Å². The van der Waals surface area contributed by atoms with Crippen LogP contribution in [0.25, 0.3) is 0 Å². The molecule has 0 aliphatic rings. The van der Waals surface area contributed by atoms with Gasteiger partial charge in [0, 0.05) is 0 Å². The predicted molar refractivity (Wildman–Crippen MR) is 86.6 cm³/mol. The van der Waals surface area contributed by atoms with Gasteiger partial charge in [-0.2, -0.15) is 0 Å². The average molecular weight is 438 g/mol. The van der Waals surface area contributed by atoms with E-state index in [9.17, 15) is 21.0 Å². The number of halogens is 4. The number of carbonyl (C=O) groups is 1. The second-order valence-electron chi connectivity index (χ2n) is 4.83. The molecule has 0 aromatic heterocycles. The van der Waals surface area contributed by atoms with Gasteiger partial charge in [0.25, 0.3) is 0 Å². The van der Waals surface area contributed by atoms with E-state index in [2.05, 4.69) is 3.07 Å². The number of hydrogen-bond donors (Lipinski definition) is 0. The second kappa shape index (κ2) is 6.38. The van der Waals surface area contributed by atoms with Crippen molar-refractivity contribution in [3.8, 4) is 0 Å². The van der Waals surface area contributed by atoms with Crippen LogP contribution in [0, 0.1) is 21.0 Å². The first-order chi connectivity index (χ1) is 10.7. The zero-order valence-electron chi connectivity index (χ0n) is 12.4. The van der Waals surface area contributed by atoms with Crippen LogP contribution in [0.5, 0.6) is 0 Å². The van der Waals surface area contributed by atoms with Crippen LogP contribution in [-0.4, -0.2) is 12.1 Å². The Morgan fingerprint density at radius 3 is 1.65 bits per heavy atom. The van der Waals surface area contributed by atoms with E-state index in [1.54, 1.807) is 50.2 Å². The second-order valence-corrected chi connectivity index (χ2v) is 10.3. The van der Waals surface area contributed by atoms with Crippen molar-refractivity contribution in [3.63, 3.8) is 0 Å². The van der Waals surface area contributed by atoms with Gasteiger partial charge in [-0.15, -0.1) is 0 Å². The van der Waals surface area contributed by atoms with E-state index in [4.69, 9.17) is 0 Å². The van der Waals surface area contributed by atoms with E-state index >= 15 is 0 Å². The van der Waals surface area contributed by atoms with Crippen molar-refractivity contribution >= 4 is 24.8 Å². The van der Waals surface area contributed by atoms with Crippen LogP contribution in [0.2, 0.25) is 0 Å². The fourth-order valence-corrected chi connectivity index (χ4v) is 7.87. The SMILES string of the molecule is Cc1ccccc1I(=O)(OC(=O)C(F)(F)F)c1ccccc1C. The molecule has 0 unspecified atom stereocenters. The van der Waals surface area contributed by atoms with E-state index in [0.29, 0.717) is 11.1 Å². The standard InChI is InChI=1S/C16H14F3IO3/c1-11-7-3-5-9-13(11)20(22,23-15(21)16(17,18)19)14-10-6-4-8-12(14)2/h3-10H,1-2H3. The summed E-state index contributed by atoms with van der Waals surface area (Å²) in [6, 6.07) is 12.6. The monoisotopic (exact) mass is 438 g/mol. The fourth-order valence-electron chi connectivity index (χ4n) is 2.00. The van der Waals surface area contributed by atoms with E-state index in [1.165, 1.54) is 12.1 Å². The van der Waals surface area contributed by atoms with Gasteiger partial charge < -0.3 is 0 Å². The third-order valence-corrected chi connectivity index (χ3v) is 9.60. The van der Waals surface area contributed by atoms with Crippen molar-refractivity contribution in [3.05, 3.63) is 66.8 Å². The third-order valence-electron chi connectivity index (χ3n) is 3.10. The van der Waals surface area contributed by atoms with Gasteiger partial charge in [-0.25, -0.2) is 0 Å². The average Bonchev–Trinajstić information content (AvgIpc) is 2.46. The molecule has 0 aliphatic carbocycles. The van der Waals surface area contributed by atoms with Gasteiger partial charge in [-0.1, -0.05) is 0 Å². The summed E-state index contributed by atoms with van der Waals surface area (Å²) in [6.45, 7) is 3.23. The number of benzene rings is 2. The Hall–Kier alpha value is -1.77. The normalized spacial score (nSPS) is 12.7. The summed E-state index contributed by atoms with van der Waals surface area (Å²) in [4.78, 5) is 11.3. The number of aryl methyl sites for hydroxylation is 2. The number of carbonyl (C=O) groups excluding carboxylic acids is 1. The third kappa shape index (κ3) is 3.60. The first kappa shape index (κ1) is 17.6. The predicted octanol–water partition coefficient (Wildman–Crippen LogP) is 4.75. The molecule has 2 rings (SSSR count). The summed E-state index contributed by atoms with van der Waals surface area (Å²) < 4.78 is 56.2. The Kier molecular flexibility index (Phi) is 4.88. The van der Waals surface area contributed by atoms with E-state index < -0.39 is 31.0 Å². The molecule has 0 fully saturated rings. The number of rotatable bonds is 3. The van der Waals surface area contributed by atoms with Crippen LogP contribution in [0.3, 0.4) is 0 Å². The van der Waals surface area contributed by atoms with Crippen molar-refractivity contribution in [2.24, 2.45) is 0 Å². The molecule has 2 aromatic rings. The van der Waals surface area contributed by atoms with Gasteiger partial charge in [0.05, 0.1) is 0 Å². The van der Waals surface area contributed by atoms with Gasteiger partial charge in [0.2, 0.25) is 0 Å². The van der Waals surface area contributed by atoms with Crippen molar-refractivity contribution in [2.75, 3.05) is 0 Å². The van der Waals surface area contributed by atoms with Gasteiger partial charge in [0.15, 0.2) is 0 Å². The van der Waals surface area contributed by atoms with Gasteiger partial charge in [0.1, 0.15) is 0 Å². The number of alkyl halides is 3. The Morgan fingerprint density at radius 1 is 0.913 bits per heavy atom. The number of hydrogen-bond acceptors (Lipinski definition) is 3. The van der Waals surface area contributed by atoms with Crippen LogP contribution in [0.1, 0.15) is 11.1 Å². The summed E-state index contributed by atoms with van der Waals surface area (Å²) in [7, 11) is 0. The summed E-state index contributed by atoms with van der Waals surface area (Å²) >= 11 is -5.12. The quantitative estimate of drug-likeness (QED) is 0.650. The molecule has 0 aliphatic heterocycles. The van der Waals surface area contributed by atoms with Gasteiger partial charge >= 0.3 is 136 Å². The molecule has 0 bridgehead atoms. The first-order valence-electron chi connectivity index (χ1n) is 6.57. The molecule has 2 aromatic carbocycles. The van der Waals surface area contributed by atoms with Crippen molar-refractivity contribution < 1.29 is 24.1 Å². The maximum absolute atomic E-state index is 13.4. The molecule has 23 heavy (non-hydrogen) atoms. The molecule has 0 atom stereocenters. The summed E-state index contributed by atoms with van der Waals surface area (Å²) in [5, 5.41) is 0. The van der Waals surface area contributed by atoms with Crippen LogP contribution in [0.4, 0.5) is 13.2 Å². The van der Waals surface area contributed by atoms with Crippen LogP contribution in [-0.2, 0) is 10.9 Å². The molecule has 0 saturated heterocycles. The molecule has 3 nitrogen and oxygen atoms in total. The minimum absolute atomic E-state index is 0.145. The minimum atomic E-state index is -5.20. The van der Waals surface area contributed by atoms with Gasteiger partial charge in [-0.3, -0.25) is 0 Å². The Morgan fingerprint density at radius 2 is 1.30 bits per heavy atom. The Balaban J connectivity index is 2.66. The molecule has 0 amide bonds. The summed E-state index contributed by atoms with van der Waals surface area (Å²) in [5.41, 5.74) is 1.02. The zero-order valence-corrected chi connectivity index (χ0v) is 14.5. The van der Waals surface area contributed by atoms with Gasteiger partial charge in [-0.05, 0) is 0 Å². The van der Waals surface area contributed by atoms with E-state index in [-0.39, 0.29) is 7.14 Å². The Bertz CT molecular complexity index is 735. The molecule has 124 valence electrons. The molecule has 0 radical (unpaired) electrons. The van der Waals surface area contributed by atoms with Crippen LogP contribution >= 0.6 is 18.8 Å². The molecule has 0 saturated carbocycles. The summed E-state index contributed by atoms with van der Waals surface area (Å²) in [5.74, 6) is -2.43. The Labute approximate surface area is 135 Å². The zero-order chi connectivity index (χ0) is 17.3. The van der Waals surface area contributed by atoms with Crippen LogP contribution in [0.15, 0.2) is 48.5 Å².